The van der Waals surface area contributed by atoms with Crippen molar-refractivity contribution in [3.05, 3.63) is 90.5 Å². The van der Waals surface area contributed by atoms with E-state index in [1.54, 1.807) is 0 Å². The van der Waals surface area contributed by atoms with Gasteiger partial charge in [-0.2, -0.15) is 0 Å². The molecule has 0 aliphatic carbocycles. The summed E-state index contributed by atoms with van der Waals surface area (Å²) in [5.41, 5.74) is 0. The Morgan fingerprint density at radius 1 is 0.527 bits per heavy atom. The number of rotatable bonds is 23. The molecule has 0 unspecified atom stereocenters. The second-order valence-corrected chi connectivity index (χ2v) is 15.0. The molecule has 0 heterocycles. The fraction of sp³-hybridized carbons (Fsp3) is 0.512. The number of unbranched alkanes of at least 4 members (excludes halogenated alkanes) is 3. The molecule has 0 bridgehead atoms. The van der Waals surface area contributed by atoms with Crippen LogP contribution in [-0.4, -0.2) is 45.7 Å². The first-order valence-electron chi connectivity index (χ1n) is 19.3. The standard InChI is InChI=1S/C43H56F2O7S3/c1-5-6-7-14-21-38(50-41(53)47-33-17-10-8-11-18-33)31(3)22-27-40(52-42(54)48-34-19-12-9-13-20-34)32(4)23-26-39(30(2)16-15-28-46)51-43(55)49-35-24-25-36(44)37(45)29-35/h8-13,17-20,24-25,29-32,38-40,46H,5-7,14-16,21-23,26-28H2,1-4H3/t30-,31+,32-,38-,39+,40+/m0/s1. The van der Waals surface area contributed by atoms with Crippen LogP contribution in [0, 0.1) is 29.4 Å². The van der Waals surface area contributed by atoms with Crippen LogP contribution in [0.25, 0.3) is 0 Å². The number of para-hydroxylation sites is 2. The van der Waals surface area contributed by atoms with Gasteiger partial charge in [-0.1, -0.05) is 83.4 Å². The number of aliphatic hydroxyl groups excluding tert-OH is 1. The zero-order valence-corrected chi connectivity index (χ0v) is 34.8. The highest BCUT2D eigenvalue weighted by Gasteiger charge is 2.29. The first-order valence-corrected chi connectivity index (χ1v) is 20.5. The molecule has 3 rings (SSSR count). The van der Waals surface area contributed by atoms with Crippen molar-refractivity contribution in [1.82, 2.24) is 0 Å². The lowest BCUT2D eigenvalue weighted by Gasteiger charge is -2.30. The third-order valence-electron chi connectivity index (χ3n) is 9.60. The first kappa shape index (κ1) is 45.9. The molecule has 3 aromatic carbocycles. The molecule has 0 aliphatic heterocycles. The van der Waals surface area contributed by atoms with Crippen molar-refractivity contribution in [3.63, 3.8) is 0 Å². The van der Waals surface area contributed by atoms with Crippen LogP contribution < -0.4 is 14.2 Å². The summed E-state index contributed by atoms with van der Waals surface area (Å²) >= 11 is 16.5. The molecular formula is C43H56F2O7S3. The SMILES string of the molecule is CCCCCC[C@H](OC(=S)Oc1ccccc1)[C@H](C)CC[C@@H](OC(=S)Oc1ccccc1)[C@@H](C)CC[C@@H](OC(=S)Oc1ccc(F)c(F)c1)[C@@H](C)CCCO. The Hall–Kier alpha value is -3.45. The Morgan fingerprint density at radius 2 is 0.982 bits per heavy atom. The Morgan fingerprint density at radius 3 is 1.44 bits per heavy atom. The van der Waals surface area contributed by atoms with Crippen molar-refractivity contribution in [2.24, 2.45) is 17.8 Å². The molecule has 302 valence electrons. The topological polar surface area (TPSA) is 75.6 Å². The highest BCUT2D eigenvalue weighted by atomic mass is 32.1. The Kier molecular flexibility index (Phi) is 21.4. The van der Waals surface area contributed by atoms with E-state index in [0.29, 0.717) is 43.6 Å². The third-order valence-corrected chi connectivity index (χ3v) is 10.1. The summed E-state index contributed by atoms with van der Waals surface area (Å²) in [6.45, 7) is 8.53. The molecule has 0 fully saturated rings. The molecule has 7 nitrogen and oxygen atoms in total. The smallest absolute Gasteiger partial charge is 0.358 e. The first-order chi connectivity index (χ1) is 26.5. The molecular weight excluding hydrogens is 763 g/mol. The predicted octanol–water partition coefficient (Wildman–Crippen LogP) is 11.7. The van der Waals surface area contributed by atoms with E-state index >= 15 is 0 Å². The van der Waals surface area contributed by atoms with E-state index in [1.807, 2.05) is 67.6 Å². The molecule has 0 amide bonds. The van der Waals surface area contributed by atoms with Gasteiger partial charge in [-0.25, -0.2) is 8.78 Å². The lowest BCUT2D eigenvalue weighted by Crippen LogP contribution is -2.32. The number of benzene rings is 3. The van der Waals surface area contributed by atoms with Crippen molar-refractivity contribution in [1.29, 1.82) is 0 Å². The van der Waals surface area contributed by atoms with Crippen LogP contribution in [0.1, 0.15) is 98.3 Å². The Balaban J connectivity index is 1.73. The molecule has 0 spiro atoms. The van der Waals surface area contributed by atoms with Gasteiger partial charge in [0.25, 0.3) is 0 Å². The van der Waals surface area contributed by atoms with E-state index in [-0.39, 0.29) is 64.1 Å². The van der Waals surface area contributed by atoms with Gasteiger partial charge in [0.15, 0.2) is 11.6 Å². The monoisotopic (exact) mass is 818 g/mol. The van der Waals surface area contributed by atoms with Crippen molar-refractivity contribution in [3.8, 4) is 17.2 Å². The van der Waals surface area contributed by atoms with E-state index < -0.39 is 11.6 Å². The maximum atomic E-state index is 13.8. The van der Waals surface area contributed by atoms with Crippen LogP contribution >= 0.6 is 36.7 Å². The van der Waals surface area contributed by atoms with Gasteiger partial charge < -0.3 is 33.5 Å². The van der Waals surface area contributed by atoms with Crippen molar-refractivity contribution < 1.29 is 42.3 Å². The second kappa shape index (κ2) is 25.7. The maximum absolute atomic E-state index is 13.8. The van der Waals surface area contributed by atoms with E-state index in [9.17, 15) is 13.9 Å². The fourth-order valence-corrected chi connectivity index (χ4v) is 6.88. The molecule has 6 atom stereocenters. The summed E-state index contributed by atoms with van der Waals surface area (Å²) in [4.78, 5) is 0. The summed E-state index contributed by atoms with van der Waals surface area (Å²) in [6, 6.07) is 21.8. The molecule has 3 aromatic rings. The number of thiocarbonyl (C=S) groups is 3. The van der Waals surface area contributed by atoms with E-state index in [4.69, 9.17) is 65.1 Å². The minimum atomic E-state index is -1.05. The van der Waals surface area contributed by atoms with Crippen LogP contribution in [0.15, 0.2) is 78.9 Å². The Labute approximate surface area is 342 Å². The largest absolute Gasteiger partial charge is 0.453 e. The quantitative estimate of drug-likeness (QED) is 0.0738. The van der Waals surface area contributed by atoms with E-state index in [0.717, 1.165) is 50.7 Å². The fourth-order valence-electron chi connectivity index (χ4n) is 6.23. The summed E-state index contributed by atoms with van der Waals surface area (Å²) in [7, 11) is 0. The summed E-state index contributed by atoms with van der Waals surface area (Å²) in [6.07, 6.45) is 8.33. The highest BCUT2D eigenvalue weighted by Crippen LogP contribution is 2.29. The summed E-state index contributed by atoms with van der Waals surface area (Å²) in [5.74, 6) is -0.680. The molecule has 0 aromatic heterocycles. The van der Waals surface area contributed by atoms with Gasteiger partial charge in [0.1, 0.15) is 35.6 Å². The van der Waals surface area contributed by atoms with Crippen molar-refractivity contribution in [2.75, 3.05) is 6.61 Å². The summed E-state index contributed by atoms with van der Waals surface area (Å²) < 4.78 is 63.4. The number of hydrogen-bond acceptors (Lipinski definition) is 10. The second-order valence-electron chi connectivity index (χ2n) is 14.0. The third kappa shape index (κ3) is 17.9. The van der Waals surface area contributed by atoms with Gasteiger partial charge in [-0.05, 0) is 106 Å². The van der Waals surface area contributed by atoms with Crippen LogP contribution in [0.2, 0.25) is 0 Å². The normalized spacial score (nSPS) is 14.4. The average Bonchev–Trinajstić information content (AvgIpc) is 3.17. The average molecular weight is 819 g/mol. The van der Waals surface area contributed by atoms with Gasteiger partial charge in [0.2, 0.25) is 0 Å². The minimum absolute atomic E-state index is 0.000272. The predicted molar refractivity (Wildman–Crippen MR) is 225 cm³/mol. The molecule has 0 saturated carbocycles. The van der Waals surface area contributed by atoms with Crippen LogP contribution in [0.5, 0.6) is 17.2 Å². The molecule has 0 radical (unpaired) electrons. The number of ether oxygens (including phenoxy) is 6. The van der Waals surface area contributed by atoms with E-state index in [1.165, 1.54) is 6.07 Å². The lowest BCUT2D eigenvalue weighted by atomic mass is 9.87. The van der Waals surface area contributed by atoms with Crippen LogP contribution in [0.4, 0.5) is 8.78 Å². The zero-order chi connectivity index (χ0) is 40.0. The van der Waals surface area contributed by atoms with Gasteiger partial charge in [0.05, 0.1) is 0 Å². The van der Waals surface area contributed by atoms with Gasteiger partial charge in [-0.3, -0.25) is 0 Å². The molecule has 1 N–H and O–H groups in total. The Bertz CT molecular complexity index is 1570. The molecule has 55 heavy (non-hydrogen) atoms. The number of aliphatic hydroxyl groups is 1. The molecule has 0 saturated heterocycles. The molecule has 0 aliphatic rings. The zero-order valence-electron chi connectivity index (χ0n) is 32.3. The van der Waals surface area contributed by atoms with Gasteiger partial charge in [0, 0.05) is 49.3 Å². The van der Waals surface area contributed by atoms with Crippen LogP contribution in [0.3, 0.4) is 0 Å². The van der Waals surface area contributed by atoms with Gasteiger partial charge in [-0.15, -0.1) is 0 Å². The van der Waals surface area contributed by atoms with Gasteiger partial charge >= 0.3 is 15.7 Å². The number of halogens is 2. The van der Waals surface area contributed by atoms with Crippen molar-refractivity contribution in [2.45, 2.75) is 117 Å². The minimum Gasteiger partial charge on any atom is -0.453 e. The summed E-state index contributed by atoms with van der Waals surface area (Å²) in [5, 5.41) is 9.45. The van der Waals surface area contributed by atoms with E-state index in [2.05, 4.69) is 20.8 Å². The van der Waals surface area contributed by atoms with Crippen molar-refractivity contribution >= 4 is 52.4 Å². The highest BCUT2D eigenvalue weighted by molar-refractivity contribution is 7.80. The van der Waals surface area contributed by atoms with Crippen LogP contribution in [-0.2, 0) is 14.2 Å². The molecule has 12 heteroatoms. The lowest BCUT2D eigenvalue weighted by molar-refractivity contribution is 0.0490. The number of hydrogen-bond donors (Lipinski definition) is 1. The maximum Gasteiger partial charge on any atom is 0.358 e.